The summed E-state index contributed by atoms with van der Waals surface area (Å²) >= 11 is 0. The van der Waals surface area contributed by atoms with Gasteiger partial charge in [-0.25, -0.2) is 8.93 Å². The van der Waals surface area contributed by atoms with Crippen molar-refractivity contribution in [3.05, 3.63) is 29.8 Å². The van der Waals surface area contributed by atoms with Crippen molar-refractivity contribution >= 4 is 15.6 Å². The summed E-state index contributed by atoms with van der Waals surface area (Å²) in [5.74, 6) is 4.19. The van der Waals surface area contributed by atoms with E-state index in [0.29, 0.717) is 12.5 Å². The Labute approximate surface area is 92.9 Å². The number of rotatable bonds is 4. The third kappa shape index (κ3) is 3.08. The van der Waals surface area contributed by atoms with E-state index in [4.69, 9.17) is 0 Å². The molecule has 0 amide bonds. The zero-order chi connectivity index (χ0) is 11.5. The summed E-state index contributed by atoms with van der Waals surface area (Å²) < 4.78 is 15.1. The Morgan fingerprint density at radius 1 is 1.47 bits per heavy atom. The first-order valence-electron chi connectivity index (χ1n) is 5.19. The zero-order valence-corrected chi connectivity index (χ0v) is 10.4. The molecule has 1 aromatic carbocycles. The van der Waals surface area contributed by atoms with E-state index in [1.807, 2.05) is 25.1 Å². The largest absolute Gasteiger partial charge is 0.248 e. The fourth-order valence-electron chi connectivity index (χ4n) is 1.40. The second-order valence-corrected chi connectivity index (χ2v) is 6.01. The Hall–Kier alpha value is -0.800. The molecular weight excluding hydrogens is 206 g/mol. The summed E-state index contributed by atoms with van der Waals surface area (Å²) in [5, 5.41) is 0. The van der Waals surface area contributed by atoms with Crippen LogP contribution in [0.1, 0.15) is 32.3 Å². The van der Waals surface area contributed by atoms with Crippen molar-refractivity contribution in [2.45, 2.75) is 31.6 Å². The third-order valence-electron chi connectivity index (χ3n) is 2.28. The monoisotopic (exact) mass is 225 g/mol. The maximum absolute atomic E-state index is 12.1. The minimum atomic E-state index is -2.32. The van der Waals surface area contributed by atoms with Crippen molar-refractivity contribution in [3.63, 3.8) is 0 Å². The Morgan fingerprint density at radius 2 is 2.13 bits per heavy atom. The first-order chi connectivity index (χ1) is 6.97. The average Bonchev–Trinajstić information content (AvgIpc) is 2.18. The molecule has 84 valence electrons. The Morgan fingerprint density at radius 3 is 2.67 bits per heavy atom. The highest BCUT2D eigenvalue weighted by molar-refractivity contribution is 7.98. The number of benzene rings is 1. The number of nitrogens with one attached hydrogen (secondary N) is 1. The summed E-state index contributed by atoms with van der Waals surface area (Å²) in [6, 6.07) is 7.83. The standard InChI is InChI=1S/C12H19NOS/c1-5-13-15(4,14)12-8-6-7-11(9-12)10(2)3/h6-10H,4-5H2,1-3H3,(H,13,14). The molecule has 1 unspecified atom stereocenters. The lowest BCUT2D eigenvalue weighted by Crippen LogP contribution is -2.23. The lowest BCUT2D eigenvalue weighted by Gasteiger charge is -2.12. The molecular formula is C12H19NOS. The molecule has 0 aromatic heterocycles. The van der Waals surface area contributed by atoms with Crippen LogP contribution in [0.3, 0.4) is 0 Å². The van der Waals surface area contributed by atoms with E-state index in [2.05, 4.69) is 30.5 Å². The highest BCUT2D eigenvalue weighted by Crippen LogP contribution is 2.18. The van der Waals surface area contributed by atoms with E-state index < -0.39 is 9.71 Å². The molecule has 0 aliphatic heterocycles. The molecule has 0 fully saturated rings. The fourth-order valence-corrected chi connectivity index (χ4v) is 2.65. The molecule has 0 saturated heterocycles. The van der Waals surface area contributed by atoms with Crippen LogP contribution in [0.5, 0.6) is 0 Å². The molecule has 0 aliphatic rings. The molecule has 0 heterocycles. The van der Waals surface area contributed by atoms with Gasteiger partial charge in [0.05, 0.1) is 9.71 Å². The second kappa shape index (κ2) is 4.81. The molecule has 0 radical (unpaired) electrons. The molecule has 0 saturated carbocycles. The van der Waals surface area contributed by atoms with Gasteiger partial charge < -0.3 is 0 Å². The Balaban J connectivity index is 3.11. The summed E-state index contributed by atoms with van der Waals surface area (Å²) in [6.07, 6.45) is 0. The number of hydrogen-bond donors (Lipinski definition) is 1. The lowest BCUT2D eigenvalue weighted by molar-refractivity contribution is 0.671. The first kappa shape index (κ1) is 12.3. The molecule has 1 N–H and O–H groups in total. The van der Waals surface area contributed by atoms with Gasteiger partial charge in [-0.1, -0.05) is 32.9 Å². The van der Waals surface area contributed by atoms with Crippen molar-refractivity contribution in [1.29, 1.82) is 0 Å². The summed E-state index contributed by atoms with van der Waals surface area (Å²) in [5.41, 5.74) is 1.20. The van der Waals surface area contributed by atoms with Crippen molar-refractivity contribution in [2.75, 3.05) is 6.54 Å². The van der Waals surface area contributed by atoms with Crippen LogP contribution in [0.25, 0.3) is 0 Å². The van der Waals surface area contributed by atoms with Crippen LogP contribution < -0.4 is 4.72 Å². The van der Waals surface area contributed by atoms with E-state index >= 15 is 0 Å². The Kier molecular flexibility index (Phi) is 3.94. The quantitative estimate of drug-likeness (QED) is 0.783. The minimum absolute atomic E-state index is 0.446. The van der Waals surface area contributed by atoms with Crippen LogP contribution >= 0.6 is 0 Å². The van der Waals surface area contributed by atoms with E-state index in [1.54, 1.807) is 0 Å². The van der Waals surface area contributed by atoms with Gasteiger partial charge in [0, 0.05) is 11.4 Å². The van der Waals surface area contributed by atoms with Gasteiger partial charge in [0.2, 0.25) is 0 Å². The van der Waals surface area contributed by atoms with Crippen molar-refractivity contribution < 1.29 is 4.21 Å². The van der Waals surface area contributed by atoms with Gasteiger partial charge in [-0.2, -0.15) is 0 Å². The van der Waals surface area contributed by atoms with Crippen LogP contribution in [0, 0.1) is 0 Å². The predicted molar refractivity (Wildman–Crippen MR) is 67.7 cm³/mol. The smallest absolute Gasteiger partial charge is 0.0533 e. The fraction of sp³-hybridized carbons (Fsp3) is 0.417. The zero-order valence-electron chi connectivity index (χ0n) is 9.62. The summed E-state index contributed by atoms with van der Waals surface area (Å²) in [4.78, 5) is 0.788. The van der Waals surface area contributed by atoms with Gasteiger partial charge in [0.15, 0.2) is 0 Å². The molecule has 0 aliphatic carbocycles. The molecule has 1 rings (SSSR count). The van der Waals surface area contributed by atoms with E-state index in [1.165, 1.54) is 5.56 Å². The van der Waals surface area contributed by atoms with Crippen molar-refractivity contribution in [1.82, 2.24) is 4.72 Å². The highest BCUT2D eigenvalue weighted by Gasteiger charge is 2.07. The highest BCUT2D eigenvalue weighted by atomic mass is 32.2. The van der Waals surface area contributed by atoms with Crippen LogP contribution in [0.15, 0.2) is 29.2 Å². The molecule has 0 spiro atoms. The van der Waals surface area contributed by atoms with Gasteiger partial charge in [-0.3, -0.25) is 0 Å². The maximum Gasteiger partial charge on any atom is 0.0533 e. The van der Waals surface area contributed by atoms with Crippen LogP contribution in [0.2, 0.25) is 0 Å². The third-order valence-corrected chi connectivity index (χ3v) is 4.05. The number of hydrogen-bond acceptors (Lipinski definition) is 1. The molecule has 3 heteroatoms. The van der Waals surface area contributed by atoms with Gasteiger partial charge in [0.25, 0.3) is 0 Å². The van der Waals surface area contributed by atoms with Crippen molar-refractivity contribution in [3.8, 4) is 0 Å². The summed E-state index contributed by atoms with van der Waals surface area (Å²) in [7, 11) is -2.32. The lowest BCUT2D eigenvalue weighted by atomic mass is 10.0. The molecule has 15 heavy (non-hydrogen) atoms. The SMILES string of the molecule is C=S(=O)(NCC)c1cccc(C(C)C)c1. The Bertz CT molecular complexity index is 421. The minimum Gasteiger partial charge on any atom is -0.248 e. The van der Waals surface area contributed by atoms with Gasteiger partial charge in [-0.15, -0.1) is 0 Å². The van der Waals surface area contributed by atoms with Gasteiger partial charge in [0.1, 0.15) is 0 Å². The first-order valence-corrected chi connectivity index (χ1v) is 6.92. The second-order valence-electron chi connectivity index (χ2n) is 3.90. The van der Waals surface area contributed by atoms with Crippen LogP contribution in [-0.4, -0.2) is 16.6 Å². The van der Waals surface area contributed by atoms with E-state index in [9.17, 15) is 4.21 Å². The molecule has 1 aromatic rings. The van der Waals surface area contributed by atoms with Gasteiger partial charge >= 0.3 is 0 Å². The molecule has 1 atom stereocenters. The summed E-state index contributed by atoms with van der Waals surface area (Å²) in [6.45, 7) is 6.83. The van der Waals surface area contributed by atoms with Crippen LogP contribution in [0.4, 0.5) is 0 Å². The van der Waals surface area contributed by atoms with E-state index in [0.717, 1.165) is 4.90 Å². The van der Waals surface area contributed by atoms with E-state index in [-0.39, 0.29) is 0 Å². The molecule has 2 nitrogen and oxygen atoms in total. The maximum atomic E-state index is 12.1. The predicted octanol–water partition coefficient (Wildman–Crippen LogP) is 2.41. The van der Waals surface area contributed by atoms with Gasteiger partial charge in [-0.05, 0) is 29.5 Å². The van der Waals surface area contributed by atoms with Crippen LogP contribution in [-0.2, 0) is 9.71 Å². The normalized spacial score (nSPS) is 15.2. The topological polar surface area (TPSA) is 29.1 Å². The average molecular weight is 225 g/mol. The van der Waals surface area contributed by atoms with Crippen molar-refractivity contribution in [2.24, 2.45) is 0 Å². The molecule has 0 bridgehead atoms.